The van der Waals surface area contributed by atoms with Gasteiger partial charge in [0.2, 0.25) is 5.95 Å². The van der Waals surface area contributed by atoms with Gasteiger partial charge >= 0.3 is 0 Å². The highest BCUT2D eigenvalue weighted by Gasteiger charge is 2.14. The van der Waals surface area contributed by atoms with E-state index >= 15 is 0 Å². The minimum atomic E-state index is 0.244. The maximum Gasteiger partial charge on any atom is 0.220 e. The van der Waals surface area contributed by atoms with Crippen LogP contribution >= 0.6 is 11.6 Å². The third-order valence-corrected chi connectivity index (χ3v) is 3.93. The van der Waals surface area contributed by atoms with Crippen LogP contribution in [0.2, 0.25) is 5.02 Å². The quantitative estimate of drug-likeness (QED) is 0.586. The van der Waals surface area contributed by atoms with Crippen molar-refractivity contribution < 1.29 is 0 Å². The molecule has 0 amide bonds. The van der Waals surface area contributed by atoms with Crippen molar-refractivity contribution >= 4 is 28.6 Å². The Morgan fingerprint density at radius 3 is 2.48 bits per heavy atom. The van der Waals surface area contributed by atoms with Gasteiger partial charge in [-0.1, -0.05) is 23.7 Å². The van der Waals surface area contributed by atoms with Gasteiger partial charge in [0.05, 0.1) is 5.69 Å². The zero-order valence-corrected chi connectivity index (χ0v) is 12.7. The maximum atomic E-state index is 5.99. The molecule has 0 unspecified atom stereocenters. The zero-order chi connectivity index (χ0) is 15.8. The summed E-state index contributed by atoms with van der Waals surface area (Å²) in [6.07, 6.45) is 5.31. The van der Waals surface area contributed by atoms with Gasteiger partial charge in [-0.05, 0) is 35.4 Å². The fourth-order valence-corrected chi connectivity index (χ4v) is 2.78. The first-order chi connectivity index (χ1) is 11.2. The number of pyridine rings is 1. The van der Waals surface area contributed by atoms with E-state index in [0.717, 1.165) is 33.4 Å². The average molecular weight is 322 g/mol. The van der Waals surface area contributed by atoms with Crippen LogP contribution in [0.1, 0.15) is 0 Å². The number of nitrogens with one attached hydrogen (secondary N) is 1. The Morgan fingerprint density at radius 1 is 0.913 bits per heavy atom. The topological polar surface area (TPSA) is 80.5 Å². The number of benzene rings is 1. The summed E-state index contributed by atoms with van der Waals surface area (Å²) < 4.78 is 0. The first kappa shape index (κ1) is 13.7. The molecule has 4 rings (SSSR count). The minimum absolute atomic E-state index is 0.244. The van der Waals surface area contributed by atoms with E-state index in [1.165, 1.54) is 0 Å². The second kappa shape index (κ2) is 5.37. The van der Waals surface area contributed by atoms with Gasteiger partial charge in [0.1, 0.15) is 5.65 Å². The molecule has 3 aromatic heterocycles. The third-order valence-electron chi connectivity index (χ3n) is 3.68. The Bertz CT molecular complexity index is 991. The number of halogens is 1. The first-order valence-corrected chi connectivity index (χ1v) is 7.41. The summed E-state index contributed by atoms with van der Waals surface area (Å²) in [5.41, 5.74) is 10.3. The van der Waals surface area contributed by atoms with Crippen LogP contribution in [-0.4, -0.2) is 19.9 Å². The van der Waals surface area contributed by atoms with Crippen molar-refractivity contribution in [3.63, 3.8) is 0 Å². The van der Waals surface area contributed by atoms with Crippen LogP contribution in [0.3, 0.4) is 0 Å². The van der Waals surface area contributed by atoms with Gasteiger partial charge in [0, 0.05) is 34.6 Å². The number of aromatic amines is 1. The van der Waals surface area contributed by atoms with E-state index in [4.69, 9.17) is 17.3 Å². The molecule has 5 nitrogen and oxygen atoms in total. The summed E-state index contributed by atoms with van der Waals surface area (Å²) in [7, 11) is 0. The van der Waals surface area contributed by atoms with Crippen molar-refractivity contribution in [3.05, 3.63) is 60.0 Å². The second-order valence-corrected chi connectivity index (χ2v) is 5.53. The highest BCUT2D eigenvalue weighted by atomic mass is 35.5. The van der Waals surface area contributed by atoms with Crippen LogP contribution in [0.4, 0.5) is 5.95 Å². The van der Waals surface area contributed by atoms with Crippen molar-refractivity contribution in [1.29, 1.82) is 0 Å². The lowest BCUT2D eigenvalue weighted by Crippen LogP contribution is -1.95. The molecule has 0 fully saturated rings. The van der Waals surface area contributed by atoms with E-state index in [-0.39, 0.29) is 5.95 Å². The molecule has 4 aromatic rings. The normalized spacial score (nSPS) is 11.0. The molecule has 0 atom stereocenters. The van der Waals surface area contributed by atoms with Gasteiger partial charge in [-0.25, -0.2) is 15.0 Å². The lowest BCUT2D eigenvalue weighted by Gasteiger charge is -2.06. The summed E-state index contributed by atoms with van der Waals surface area (Å²) in [5.74, 6) is 0.244. The van der Waals surface area contributed by atoms with Gasteiger partial charge in [0.15, 0.2) is 0 Å². The number of nitrogens with two attached hydrogens (primary N) is 1. The molecular formula is C17H12ClN5. The van der Waals surface area contributed by atoms with Crippen LogP contribution in [-0.2, 0) is 0 Å². The Kier molecular flexibility index (Phi) is 3.20. The molecule has 3 N–H and O–H groups in total. The average Bonchev–Trinajstić information content (AvgIpc) is 3.00. The maximum absolute atomic E-state index is 5.99. The Balaban J connectivity index is 1.99. The Hall–Kier alpha value is -2.92. The highest BCUT2D eigenvalue weighted by Crippen LogP contribution is 2.35. The van der Waals surface area contributed by atoms with Gasteiger partial charge < -0.3 is 10.7 Å². The number of nitrogens with zero attached hydrogens (tertiary/aromatic N) is 3. The third kappa shape index (κ3) is 2.41. The molecule has 23 heavy (non-hydrogen) atoms. The van der Waals surface area contributed by atoms with E-state index in [0.29, 0.717) is 5.02 Å². The lowest BCUT2D eigenvalue weighted by atomic mass is 10.0. The van der Waals surface area contributed by atoms with Crippen LogP contribution in [0.5, 0.6) is 0 Å². The van der Waals surface area contributed by atoms with Gasteiger partial charge in [0.25, 0.3) is 0 Å². The molecule has 0 aliphatic rings. The molecule has 112 valence electrons. The molecule has 0 aliphatic heterocycles. The summed E-state index contributed by atoms with van der Waals surface area (Å²) in [6.45, 7) is 0. The Morgan fingerprint density at radius 2 is 1.70 bits per heavy atom. The largest absolute Gasteiger partial charge is 0.368 e. The first-order valence-electron chi connectivity index (χ1n) is 7.03. The van der Waals surface area contributed by atoms with E-state index < -0.39 is 0 Å². The number of fused-ring (bicyclic) bond motifs is 1. The summed E-state index contributed by atoms with van der Waals surface area (Å²) >= 11 is 5.99. The molecule has 6 heteroatoms. The van der Waals surface area contributed by atoms with Crippen molar-refractivity contribution in [2.75, 3.05) is 5.73 Å². The SMILES string of the molecule is Nc1nccc(-c2c[nH]c3nccc(-c4ccc(Cl)cc4)c23)n1. The predicted molar refractivity (Wildman–Crippen MR) is 92.0 cm³/mol. The van der Waals surface area contributed by atoms with E-state index in [9.17, 15) is 0 Å². The summed E-state index contributed by atoms with van der Waals surface area (Å²) in [4.78, 5) is 15.8. The molecule has 0 radical (unpaired) electrons. The highest BCUT2D eigenvalue weighted by molar-refractivity contribution is 6.30. The van der Waals surface area contributed by atoms with Crippen LogP contribution in [0, 0.1) is 0 Å². The van der Waals surface area contributed by atoms with Gasteiger partial charge in [-0.3, -0.25) is 0 Å². The van der Waals surface area contributed by atoms with Crippen LogP contribution in [0.25, 0.3) is 33.4 Å². The zero-order valence-electron chi connectivity index (χ0n) is 12.0. The molecule has 3 heterocycles. The molecule has 0 aliphatic carbocycles. The lowest BCUT2D eigenvalue weighted by molar-refractivity contribution is 1.19. The number of H-pyrrole nitrogens is 1. The number of anilines is 1. The van der Waals surface area contributed by atoms with E-state index in [1.54, 1.807) is 12.4 Å². The molecule has 0 saturated carbocycles. The van der Waals surface area contributed by atoms with Crippen molar-refractivity contribution in [3.8, 4) is 22.4 Å². The number of hydrogen-bond acceptors (Lipinski definition) is 4. The van der Waals surface area contributed by atoms with E-state index in [2.05, 4.69) is 19.9 Å². The minimum Gasteiger partial charge on any atom is -0.368 e. The smallest absolute Gasteiger partial charge is 0.220 e. The molecule has 0 spiro atoms. The van der Waals surface area contributed by atoms with E-state index in [1.807, 2.05) is 42.6 Å². The number of hydrogen-bond donors (Lipinski definition) is 2. The molecular weight excluding hydrogens is 310 g/mol. The molecule has 1 aromatic carbocycles. The van der Waals surface area contributed by atoms with Gasteiger partial charge in [-0.2, -0.15) is 0 Å². The predicted octanol–water partition coefficient (Wildman–Crippen LogP) is 3.92. The Labute approximate surface area is 137 Å². The van der Waals surface area contributed by atoms with Crippen LogP contribution in [0.15, 0.2) is 55.0 Å². The van der Waals surface area contributed by atoms with Crippen molar-refractivity contribution in [2.45, 2.75) is 0 Å². The number of aromatic nitrogens is 4. The summed E-state index contributed by atoms with van der Waals surface area (Å²) in [5, 5.41) is 1.70. The molecule has 0 bridgehead atoms. The number of rotatable bonds is 2. The second-order valence-electron chi connectivity index (χ2n) is 5.09. The van der Waals surface area contributed by atoms with Crippen molar-refractivity contribution in [1.82, 2.24) is 19.9 Å². The standard InChI is InChI=1S/C17H12ClN5/c18-11-3-1-10(2-4-11)12-5-7-20-16-15(12)13(9-22-16)14-6-8-21-17(19)23-14/h1-9H,(H,20,22)(H2,19,21,23). The molecule has 0 saturated heterocycles. The number of nitrogen functional groups attached to an aromatic ring is 1. The van der Waals surface area contributed by atoms with Crippen LogP contribution < -0.4 is 5.73 Å². The monoisotopic (exact) mass is 321 g/mol. The summed E-state index contributed by atoms with van der Waals surface area (Å²) in [6, 6.07) is 11.5. The van der Waals surface area contributed by atoms with Crippen molar-refractivity contribution in [2.24, 2.45) is 0 Å². The van der Waals surface area contributed by atoms with Gasteiger partial charge in [-0.15, -0.1) is 0 Å². The fourth-order valence-electron chi connectivity index (χ4n) is 2.65. The fraction of sp³-hybridized carbons (Fsp3) is 0.